The number of aromatic nitrogens is 2. The van der Waals surface area contributed by atoms with Crippen molar-refractivity contribution in [1.82, 2.24) is 9.78 Å². The first-order chi connectivity index (χ1) is 8.63. The lowest BCUT2D eigenvalue weighted by molar-refractivity contribution is 0.586. The Hall–Kier alpha value is -0.740. The molecule has 0 aliphatic carbocycles. The Morgan fingerprint density at radius 2 is 1.89 bits per heavy atom. The summed E-state index contributed by atoms with van der Waals surface area (Å²) in [6, 6.07) is 5.41. The number of hydrogen-bond donors (Lipinski definition) is 1. The minimum absolute atomic E-state index is 0.354. The fourth-order valence-corrected chi connectivity index (χ4v) is 2.24. The molecule has 96 valence electrons. The second kappa shape index (κ2) is 5.93. The molecule has 0 saturated heterocycles. The van der Waals surface area contributed by atoms with Crippen molar-refractivity contribution in [2.45, 2.75) is 13.0 Å². The van der Waals surface area contributed by atoms with E-state index < -0.39 is 0 Å². The van der Waals surface area contributed by atoms with E-state index in [0.717, 1.165) is 24.2 Å². The minimum Gasteiger partial charge on any atom is -0.330 e. The van der Waals surface area contributed by atoms with Gasteiger partial charge >= 0.3 is 0 Å². The maximum Gasteiger partial charge on any atom is 0.0938 e. The van der Waals surface area contributed by atoms with Gasteiger partial charge in [-0.3, -0.25) is 4.68 Å². The number of nitrogens with zero attached hydrogens (tertiary/aromatic N) is 2. The molecule has 0 saturated carbocycles. The van der Waals surface area contributed by atoms with Crippen molar-refractivity contribution in [3.05, 3.63) is 39.5 Å². The summed E-state index contributed by atoms with van der Waals surface area (Å²) in [4.78, 5) is 0. The third-order valence-electron chi connectivity index (χ3n) is 2.54. The lowest BCUT2D eigenvalue weighted by Crippen LogP contribution is -2.06. The zero-order chi connectivity index (χ0) is 13.1. The van der Waals surface area contributed by atoms with Gasteiger partial charge in [-0.1, -0.05) is 34.8 Å². The van der Waals surface area contributed by atoms with Crippen molar-refractivity contribution in [3.63, 3.8) is 0 Å². The molecule has 0 amide bonds. The van der Waals surface area contributed by atoms with E-state index in [1.807, 2.05) is 23.0 Å². The fraction of sp³-hybridized carbons (Fsp3) is 0.250. The molecule has 1 heterocycles. The van der Waals surface area contributed by atoms with Gasteiger partial charge in [0.05, 0.1) is 20.8 Å². The first-order valence-corrected chi connectivity index (χ1v) is 6.64. The third kappa shape index (κ3) is 2.81. The van der Waals surface area contributed by atoms with Gasteiger partial charge in [0.2, 0.25) is 0 Å². The van der Waals surface area contributed by atoms with Crippen LogP contribution in [0.4, 0.5) is 0 Å². The van der Waals surface area contributed by atoms with Crippen LogP contribution in [-0.4, -0.2) is 16.3 Å². The summed E-state index contributed by atoms with van der Waals surface area (Å²) >= 11 is 18.1. The van der Waals surface area contributed by atoms with Gasteiger partial charge in [-0.2, -0.15) is 5.10 Å². The topological polar surface area (TPSA) is 43.8 Å². The third-order valence-corrected chi connectivity index (χ3v) is 3.84. The second-order valence-electron chi connectivity index (χ2n) is 3.83. The fourth-order valence-electron chi connectivity index (χ4n) is 1.61. The molecule has 0 spiro atoms. The first kappa shape index (κ1) is 13.7. The maximum atomic E-state index is 6.16. The smallest absolute Gasteiger partial charge is 0.0938 e. The average Bonchev–Trinajstić information content (AvgIpc) is 2.82. The van der Waals surface area contributed by atoms with Crippen LogP contribution in [0.15, 0.2) is 24.4 Å². The van der Waals surface area contributed by atoms with Crippen LogP contribution in [0.1, 0.15) is 6.42 Å². The second-order valence-corrected chi connectivity index (χ2v) is 4.99. The van der Waals surface area contributed by atoms with Gasteiger partial charge in [0, 0.05) is 18.3 Å². The Kier molecular flexibility index (Phi) is 4.51. The number of aryl methyl sites for hydroxylation is 1. The predicted octanol–water partition coefficient (Wildman–Crippen LogP) is 3.86. The highest BCUT2D eigenvalue weighted by Gasteiger charge is 2.12. The summed E-state index contributed by atoms with van der Waals surface area (Å²) in [7, 11) is 0. The quantitative estimate of drug-likeness (QED) is 0.872. The highest BCUT2D eigenvalue weighted by molar-refractivity contribution is 6.49. The SMILES string of the molecule is NCCCn1ccc(-c2ccc(Cl)c(Cl)c2Cl)n1. The average molecular weight is 305 g/mol. The standard InChI is InChI=1S/C12H12Cl3N3/c13-9-3-2-8(11(14)12(9)15)10-4-7-18(17-10)6-1-5-16/h2-4,7H,1,5-6,16H2. The molecule has 1 aromatic heterocycles. The van der Waals surface area contributed by atoms with Crippen molar-refractivity contribution in [2.24, 2.45) is 5.73 Å². The predicted molar refractivity (Wildman–Crippen MR) is 76.4 cm³/mol. The Labute approximate surface area is 120 Å². The molecule has 2 N–H and O–H groups in total. The Balaban J connectivity index is 2.31. The zero-order valence-electron chi connectivity index (χ0n) is 9.54. The maximum absolute atomic E-state index is 6.16. The van der Waals surface area contributed by atoms with Crippen molar-refractivity contribution in [1.29, 1.82) is 0 Å². The van der Waals surface area contributed by atoms with Gasteiger partial charge in [0.25, 0.3) is 0 Å². The molecular weight excluding hydrogens is 293 g/mol. The first-order valence-electron chi connectivity index (χ1n) is 5.51. The number of hydrogen-bond acceptors (Lipinski definition) is 2. The normalized spacial score (nSPS) is 10.9. The number of nitrogens with two attached hydrogens (primary N) is 1. The van der Waals surface area contributed by atoms with Crippen molar-refractivity contribution < 1.29 is 0 Å². The number of rotatable bonds is 4. The molecule has 2 aromatic rings. The largest absolute Gasteiger partial charge is 0.330 e. The molecule has 0 aliphatic rings. The van der Waals surface area contributed by atoms with E-state index >= 15 is 0 Å². The van der Waals surface area contributed by atoms with Crippen LogP contribution in [-0.2, 0) is 6.54 Å². The summed E-state index contributed by atoms with van der Waals surface area (Å²) in [5.74, 6) is 0. The molecule has 3 nitrogen and oxygen atoms in total. The van der Waals surface area contributed by atoms with E-state index in [2.05, 4.69) is 5.10 Å². The molecule has 6 heteroatoms. The minimum atomic E-state index is 0.354. The van der Waals surface area contributed by atoms with Crippen molar-refractivity contribution >= 4 is 34.8 Å². The molecule has 2 rings (SSSR count). The number of benzene rings is 1. The van der Waals surface area contributed by atoms with Gasteiger partial charge in [-0.25, -0.2) is 0 Å². The van der Waals surface area contributed by atoms with Crippen molar-refractivity contribution in [2.75, 3.05) is 6.54 Å². The van der Waals surface area contributed by atoms with Gasteiger partial charge in [0.15, 0.2) is 0 Å². The molecule has 0 aliphatic heterocycles. The molecule has 1 aromatic carbocycles. The zero-order valence-corrected chi connectivity index (χ0v) is 11.8. The van der Waals surface area contributed by atoms with Crippen LogP contribution in [0.25, 0.3) is 11.3 Å². The van der Waals surface area contributed by atoms with E-state index in [4.69, 9.17) is 40.5 Å². The van der Waals surface area contributed by atoms with Crippen LogP contribution in [0.3, 0.4) is 0 Å². The molecule has 18 heavy (non-hydrogen) atoms. The summed E-state index contributed by atoms with van der Waals surface area (Å²) in [6.07, 6.45) is 2.78. The van der Waals surface area contributed by atoms with Crippen LogP contribution < -0.4 is 5.73 Å². The van der Waals surface area contributed by atoms with E-state index in [1.165, 1.54) is 0 Å². The van der Waals surface area contributed by atoms with E-state index in [9.17, 15) is 0 Å². The summed E-state index contributed by atoms with van der Waals surface area (Å²) in [6.45, 7) is 1.43. The van der Waals surface area contributed by atoms with E-state index in [1.54, 1.807) is 6.07 Å². The highest BCUT2D eigenvalue weighted by Crippen LogP contribution is 2.37. The molecule has 0 fully saturated rings. The van der Waals surface area contributed by atoms with Crippen LogP contribution in [0.5, 0.6) is 0 Å². The Morgan fingerprint density at radius 3 is 2.61 bits per heavy atom. The highest BCUT2D eigenvalue weighted by atomic mass is 35.5. The van der Waals surface area contributed by atoms with E-state index in [-0.39, 0.29) is 0 Å². The van der Waals surface area contributed by atoms with Crippen molar-refractivity contribution in [3.8, 4) is 11.3 Å². The van der Waals surface area contributed by atoms with Crippen LogP contribution in [0.2, 0.25) is 15.1 Å². The molecular formula is C12H12Cl3N3. The van der Waals surface area contributed by atoms with Crippen LogP contribution in [0, 0.1) is 0 Å². The molecule has 0 atom stereocenters. The summed E-state index contributed by atoms with van der Waals surface area (Å²) in [5, 5.41) is 5.64. The Morgan fingerprint density at radius 1 is 1.11 bits per heavy atom. The van der Waals surface area contributed by atoms with E-state index in [0.29, 0.717) is 21.6 Å². The summed E-state index contributed by atoms with van der Waals surface area (Å²) in [5.41, 5.74) is 7.01. The lowest BCUT2D eigenvalue weighted by atomic mass is 10.1. The lowest BCUT2D eigenvalue weighted by Gasteiger charge is -2.04. The van der Waals surface area contributed by atoms with Gasteiger partial charge in [-0.05, 0) is 31.2 Å². The van der Waals surface area contributed by atoms with Crippen LogP contribution >= 0.6 is 34.8 Å². The monoisotopic (exact) mass is 303 g/mol. The molecule has 0 unspecified atom stereocenters. The summed E-state index contributed by atoms with van der Waals surface area (Å²) < 4.78 is 1.83. The van der Waals surface area contributed by atoms with Gasteiger partial charge < -0.3 is 5.73 Å². The Bertz CT molecular complexity index is 551. The molecule has 0 bridgehead atoms. The molecule has 0 radical (unpaired) electrons. The number of halogens is 3. The van der Waals surface area contributed by atoms with Gasteiger partial charge in [-0.15, -0.1) is 0 Å². The van der Waals surface area contributed by atoms with Gasteiger partial charge in [0.1, 0.15) is 0 Å².